The highest BCUT2D eigenvalue weighted by Gasteiger charge is 2.10. The number of hydrogen-bond acceptors (Lipinski definition) is 3. The minimum atomic E-state index is -0.592. The van der Waals surface area contributed by atoms with Crippen molar-refractivity contribution in [2.24, 2.45) is 0 Å². The lowest BCUT2D eigenvalue weighted by Crippen LogP contribution is -2.07. The maximum absolute atomic E-state index is 12.5. The number of carbonyl (C=O) groups is 1. The topological polar surface area (TPSA) is 39.2 Å². The number of esters is 1. The molecule has 1 aromatic rings. The summed E-state index contributed by atoms with van der Waals surface area (Å²) in [7, 11) is 0. The van der Waals surface area contributed by atoms with E-state index in [-0.39, 0.29) is 0 Å². The van der Waals surface area contributed by atoms with Gasteiger partial charge in [-0.1, -0.05) is 0 Å². The van der Waals surface area contributed by atoms with Crippen LogP contribution in [0.1, 0.15) is 22.8 Å². The molecular weight excluding hydrogens is 173 g/mol. The molecule has 70 valence electrons. The van der Waals surface area contributed by atoms with Gasteiger partial charge in [0, 0.05) is 6.20 Å². The minimum absolute atomic E-state index is 0.301. The summed E-state index contributed by atoms with van der Waals surface area (Å²) in [5.74, 6) is -1.06. The Labute approximate surface area is 75.6 Å². The Hall–Kier alpha value is -1.45. The number of aromatic nitrogens is 1. The van der Waals surface area contributed by atoms with E-state index in [4.69, 9.17) is 4.74 Å². The van der Waals surface area contributed by atoms with Crippen molar-refractivity contribution in [2.45, 2.75) is 13.8 Å². The first-order valence-corrected chi connectivity index (χ1v) is 3.94. The smallest absolute Gasteiger partial charge is 0.339 e. The lowest BCUT2D eigenvalue weighted by atomic mass is 10.2. The van der Waals surface area contributed by atoms with Gasteiger partial charge in [0.15, 0.2) is 0 Å². The molecule has 0 fully saturated rings. The molecule has 0 unspecified atom stereocenters. The van der Waals surface area contributed by atoms with E-state index < -0.39 is 11.9 Å². The minimum Gasteiger partial charge on any atom is -0.462 e. The van der Waals surface area contributed by atoms with E-state index >= 15 is 0 Å². The van der Waals surface area contributed by atoms with E-state index in [1.165, 1.54) is 12.3 Å². The number of halogens is 1. The second-order valence-corrected chi connectivity index (χ2v) is 2.54. The Morgan fingerprint density at radius 3 is 2.92 bits per heavy atom. The van der Waals surface area contributed by atoms with Crippen LogP contribution in [0, 0.1) is 12.9 Å². The number of nitrogens with zero attached hydrogens (tertiary/aromatic N) is 1. The van der Waals surface area contributed by atoms with Crippen LogP contribution in [-0.2, 0) is 4.74 Å². The van der Waals surface area contributed by atoms with Crippen LogP contribution in [0.5, 0.6) is 0 Å². The molecule has 1 heterocycles. The van der Waals surface area contributed by atoms with Crippen molar-refractivity contribution in [3.8, 4) is 0 Å². The van der Waals surface area contributed by atoms with Gasteiger partial charge in [0.1, 0.15) is 0 Å². The molecule has 1 aromatic heterocycles. The van der Waals surface area contributed by atoms with Crippen molar-refractivity contribution in [3.63, 3.8) is 0 Å². The third-order valence-corrected chi connectivity index (χ3v) is 1.57. The molecule has 0 saturated carbocycles. The Morgan fingerprint density at radius 1 is 1.69 bits per heavy atom. The third-order valence-electron chi connectivity index (χ3n) is 1.57. The number of rotatable bonds is 2. The van der Waals surface area contributed by atoms with Gasteiger partial charge in [-0.3, -0.25) is 0 Å². The molecule has 0 radical (unpaired) electrons. The normalized spacial score (nSPS) is 9.77. The Balaban J connectivity index is 2.95. The van der Waals surface area contributed by atoms with Crippen molar-refractivity contribution < 1.29 is 13.9 Å². The quantitative estimate of drug-likeness (QED) is 0.517. The zero-order valence-electron chi connectivity index (χ0n) is 7.50. The van der Waals surface area contributed by atoms with E-state index in [0.717, 1.165) is 0 Å². The molecule has 0 aliphatic carbocycles. The van der Waals surface area contributed by atoms with E-state index in [2.05, 4.69) is 4.98 Å². The highest BCUT2D eigenvalue weighted by molar-refractivity contribution is 5.90. The Morgan fingerprint density at radius 2 is 2.38 bits per heavy atom. The second kappa shape index (κ2) is 3.98. The predicted molar refractivity (Wildman–Crippen MR) is 44.9 cm³/mol. The Bertz CT molecular complexity index is 325. The van der Waals surface area contributed by atoms with Crippen LogP contribution >= 0.6 is 0 Å². The molecule has 0 aliphatic heterocycles. The van der Waals surface area contributed by atoms with Crippen molar-refractivity contribution in [2.75, 3.05) is 6.61 Å². The van der Waals surface area contributed by atoms with Gasteiger partial charge >= 0.3 is 5.97 Å². The summed E-state index contributed by atoms with van der Waals surface area (Å²) in [6, 6.07) is 1.20. The molecule has 4 heteroatoms. The van der Waals surface area contributed by atoms with Gasteiger partial charge in [-0.25, -0.2) is 9.78 Å². The Kier molecular flexibility index (Phi) is 2.95. The number of pyridine rings is 1. The van der Waals surface area contributed by atoms with E-state index in [9.17, 15) is 9.18 Å². The summed E-state index contributed by atoms with van der Waals surface area (Å²) in [6.45, 7) is 3.65. The summed E-state index contributed by atoms with van der Waals surface area (Å²) in [6.07, 6.45) is 1.18. The largest absolute Gasteiger partial charge is 0.462 e. The summed E-state index contributed by atoms with van der Waals surface area (Å²) in [4.78, 5) is 14.6. The highest BCUT2D eigenvalue weighted by atomic mass is 19.1. The fourth-order valence-electron chi connectivity index (χ4n) is 0.944. The van der Waals surface area contributed by atoms with Crippen LogP contribution in [0.3, 0.4) is 0 Å². The molecule has 0 aromatic carbocycles. The fraction of sp³-hybridized carbons (Fsp3) is 0.333. The van der Waals surface area contributed by atoms with Gasteiger partial charge in [-0.2, -0.15) is 4.39 Å². The van der Waals surface area contributed by atoms with Gasteiger partial charge < -0.3 is 4.74 Å². The van der Waals surface area contributed by atoms with Crippen LogP contribution in [0.2, 0.25) is 0 Å². The summed E-state index contributed by atoms with van der Waals surface area (Å²) >= 11 is 0. The number of hydrogen-bond donors (Lipinski definition) is 0. The monoisotopic (exact) mass is 183 g/mol. The average Bonchev–Trinajstić information content (AvgIpc) is 2.04. The zero-order valence-corrected chi connectivity index (χ0v) is 7.50. The molecule has 0 amide bonds. The van der Waals surface area contributed by atoms with Crippen LogP contribution in [-0.4, -0.2) is 17.6 Å². The number of ether oxygens (including phenoxy) is 1. The average molecular weight is 183 g/mol. The van der Waals surface area contributed by atoms with Crippen molar-refractivity contribution in [3.05, 3.63) is 29.3 Å². The molecule has 0 saturated heterocycles. The van der Waals surface area contributed by atoms with Gasteiger partial charge in [-0.15, -0.1) is 0 Å². The number of carbonyl (C=O) groups excluding carboxylic acids is 1. The van der Waals surface area contributed by atoms with Crippen LogP contribution in [0.15, 0.2) is 12.3 Å². The molecule has 0 aliphatic rings. The molecule has 0 atom stereocenters. The molecule has 1 rings (SSSR count). The number of aryl methyl sites for hydroxylation is 1. The van der Waals surface area contributed by atoms with E-state index in [1.807, 2.05) is 0 Å². The van der Waals surface area contributed by atoms with E-state index in [0.29, 0.717) is 17.7 Å². The molecular formula is C9H10FNO2. The van der Waals surface area contributed by atoms with Crippen LogP contribution in [0.25, 0.3) is 0 Å². The maximum Gasteiger partial charge on any atom is 0.339 e. The fourth-order valence-corrected chi connectivity index (χ4v) is 0.944. The first kappa shape index (κ1) is 9.64. The summed E-state index contributed by atoms with van der Waals surface area (Å²) in [5.41, 5.74) is 0.842. The van der Waals surface area contributed by atoms with E-state index in [1.54, 1.807) is 13.8 Å². The van der Waals surface area contributed by atoms with Crippen molar-refractivity contribution >= 4 is 5.97 Å². The standard InChI is InChI=1S/C9H10FNO2/c1-3-13-9(12)7-5-11-8(10)4-6(7)2/h4-5H,3H2,1-2H3. The SMILES string of the molecule is CCOC(=O)c1cnc(F)cc1C. The molecule has 0 bridgehead atoms. The highest BCUT2D eigenvalue weighted by Crippen LogP contribution is 2.08. The summed E-state index contributed by atoms with van der Waals surface area (Å²) < 4.78 is 17.3. The lowest BCUT2D eigenvalue weighted by Gasteiger charge is -2.03. The second-order valence-electron chi connectivity index (χ2n) is 2.54. The van der Waals surface area contributed by atoms with Crippen molar-refractivity contribution in [1.82, 2.24) is 4.98 Å². The van der Waals surface area contributed by atoms with Gasteiger partial charge in [0.05, 0.1) is 12.2 Å². The van der Waals surface area contributed by atoms with Gasteiger partial charge in [0.25, 0.3) is 0 Å². The predicted octanol–water partition coefficient (Wildman–Crippen LogP) is 1.71. The molecule has 0 spiro atoms. The zero-order chi connectivity index (χ0) is 9.84. The summed E-state index contributed by atoms with van der Waals surface area (Å²) in [5, 5.41) is 0. The maximum atomic E-state index is 12.5. The molecule has 3 nitrogen and oxygen atoms in total. The first-order valence-electron chi connectivity index (χ1n) is 3.94. The van der Waals surface area contributed by atoms with Crippen LogP contribution in [0.4, 0.5) is 4.39 Å². The third kappa shape index (κ3) is 2.24. The van der Waals surface area contributed by atoms with Crippen molar-refractivity contribution in [1.29, 1.82) is 0 Å². The van der Waals surface area contributed by atoms with Gasteiger partial charge in [0.2, 0.25) is 5.95 Å². The van der Waals surface area contributed by atoms with Gasteiger partial charge in [-0.05, 0) is 25.5 Å². The molecule has 13 heavy (non-hydrogen) atoms. The first-order chi connectivity index (χ1) is 6.15. The lowest BCUT2D eigenvalue weighted by molar-refractivity contribution is 0.0525. The molecule has 0 N–H and O–H groups in total. The van der Waals surface area contributed by atoms with Crippen LogP contribution < -0.4 is 0 Å².